The number of fused-ring (bicyclic) bond motifs is 2. The molecule has 2 aromatic rings. The number of nitrogens with zero attached hydrogens (tertiary/aromatic N) is 4. The monoisotopic (exact) mass is 343 g/mol. The summed E-state index contributed by atoms with van der Waals surface area (Å²) in [6, 6.07) is 1.56. The molecule has 4 heterocycles. The highest BCUT2D eigenvalue weighted by atomic mass is 16.2. The Morgan fingerprint density at radius 3 is 3.12 bits per heavy atom. The molecule has 132 valence electrons. The molecular formula is C16H21N7O2. The van der Waals surface area contributed by atoms with Crippen LogP contribution >= 0.6 is 0 Å². The summed E-state index contributed by atoms with van der Waals surface area (Å²) >= 11 is 0. The van der Waals surface area contributed by atoms with E-state index in [1.165, 1.54) is 6.92 Å². The van der Waals surface area contributed by atoms with Crippen molar-refractivity contribution in [2.75, 3.05) is 13.1 Å². The van der Waals surface area contributed by atoms with Gasteiger partial charge in [-0.05, 0) is 6.07 Å². The van der Waals surface area contributed by atoms with E-state index in [0.717, 1.165) is 35.7 Å². The fourth-order valence-electron chi connectivity index (χ4n) is 3.42. The average Bonchev–Trinajstić information content (AvgIpc) is 3.24. The van der Waals surface area contributed by atoms with Gasteiger partial charge in [0.15, 0.2) is 0 Å². The maximum Gasteiger partial charge on any atom is 0.246 e. The summed E-state index contributed by atoms with van der Waals surface area (Å²) in [6.07, 6.45) is 2.51. The van der Waals surface area contributed by atoms with E-state index in [1.54, 1.807) is 6.33 Å². The minimum absolute atomic E-state index is 0.0453. The van der Waals surface area contributed by atoms with Crippen LogP contribution in [0.2, 0.25) is 0 Å². The van der Waals surface area contributed by atoms with E-state index in [1.807, 2.05) is 15.6 Å². The van der Waals surface area contributed by atoms with Crippen LogP contribution in [0.25, 0.3) is 0 Å². The quantitative estimate of drug-likeness (QED) is 0.694. The fourth-order valence-corrected chi connectivity index (χ4v) is 3.42. The maximum atomic E-state index is 13.0. The third-order valence-electron chi connectivity index (χ3n) is 4.67. The Morgan fingerprint density at radius 2 is 2.28 bits per heavy atom. The van der Waals surface area contributed by atoms with Crippen molar-refractivity contribution in [3.05, 3.63) is 35.2 Å². The van der Waals surface area contributed by atoms with E-state index in [9.17, 15) is 9.59 Å². The third-order valence-corrected chi connectivity index (χ3v) is 4.67. The Hall–Kier alpha value is -2.68. The van der Waals surface area contributed by atoms with Gasteiger partial charge in [-0.25, -0.2) is 4.98 Å². The number of carbonyl (C=O) groups excluding carboxylic acids is 2. The van der Waals surface area contributed by atoms with Crippen LogP contribution in [0.5, 0.6) is 0 Å². The molecule has 0 fully saturated rings. The van der Waals surface area contributed by atoms with Gasteiger partial charge in [0.2, 0.25) is 11.8 Å². The van der Waals surface area contributed by atoms with Crippen molar-refractivity contribution < 1.29 is 9.59 Å². The van der Waals surface area contributed by atoms with E-state index in [0.29, 0.717) is 26.2 Å². The molecule has 2 amide bonds. The molecule has 2 aliphatic heterocycles. The first-order valence-electron chi connectivity index (χ1n) is 8.46. The largest absolute Gasteiger partial charge is 0.351 e. The summed E-state index contributed by atoms with van der Waals surface area (Å²) in [4.78, 5) is 33.3. The summed E-state index contributed by atoms with van der Waals surface area (Å²) in [7, 11) is 0. The minimum atomic E-state index is -0.386. The lowest BCUT2D eigenvalue weighted by molar-refractivity contribution is -0.135. The molecule has 9 heteroatoms. The topological polar surface area (TPSA) is 108 Å². The van der Waals surface area contributed by atoms with Crippen LogP contribution in [-0.2, 0) is 35.6 Å². The molecule has 3 N–H and O–H groups in total. The molecule has 0 aromatic carbocycles. The van der Waals surface area contributed by atoms with Crippen molar-refractivity contribution >= 4 is 11.8 Å². The molecule has 0 saturated heterocycles. The van der Waals surface area contributed by atoms with Crippen molar-refractivity contribution in [1.82, 2.24) is 35.3 Å². The summed E-state index contributed by atoms with van der Waals surface area (Å²) in [5, 5.41) is 10.5. The van der Waals surface area contributed by atoms with Crippen molar-refractivity contribution in [1.29, 1.82) is 0 Å². The molecular weight excluding hydrogens is 322 g/mol. The Labute approximate surface area is 144 Å². The molecule has 0 bridgehead atoms. The zero-order valence-electron chi connectivity index (χ0n) is 14.1. The number of carbonyl (C=O) groups is 2. The molecule has 9 nitrogen and oxygen atoms in total. The number of imidazole rings is 1. The summed E-state index contributed by atoms with van der Waals surface area (Å²) in [6.45, 7) is 4.44. The predicted octanol–water partition coefficient (Wildman–Crippen LogP) is -0.528. The standard InChI is InChI=1S/C16H21N7O2/c1-10(24)18-7-11-6-12-8-22(4-5-23(12)21-11)16(25)15-14-13(2-3-17-15)19-9-20-14/h6,9,15,17H,2-5,7-8H2,1H3,(H,18,24)(H,19,20). The molecule has 0 spiro atoms. The van der Waals surface area contributed by atoms with Crippen LogP contribution < -0.4 is 10.6 Å². The third kappa shape index (κ3) is 3.02. The fraction of sp³-hybridized carbons (Fsp3) is 0.500. The van der Waals surface area contributed by atoms with E-state index < -0.39 is 0 Å². The van der Waals surface area contributed by atoms with Gasteiger partial charge in [-0.15, -0.1) is 0 Å². The highest BCUT2D eigenvalue weighted by molar-refractivity contribution is 5.83. The first kappa shape index (κ1) is 15.8. The minimum Gasteiger partial charge on any atom is -0.351 e. The van der Waals surface area contributed by atoms with E-state index in [4.69, 9.17) is 0 Å². The first-order chi connectivity index (χ1) is 12.1. The van der Waals surface area contributed by atoms with Crippen LogP contribution in [0.15, 0.2) is 12.4 Å². The van der Waals surface area contributed by atoms with Crippen molar-refractivity contribution in [2.24, 2.45) is 0 Å². The van der Waals surface area contributed by atoms with E-state index >= 15 is 0 Å². The number of aromatic amines is 1. The summed E-state index contributed by atoms with van der Waals surface area (Å²) < 4.78 is 1.91. The van der Waals surface area contributed by atoms with Gasteiger partial charge in [-0.1, -0.05) is 0 Å². The summed E-state index contributed by atoms with van der Waals surface area (Å²) in [5.41, 5.74) is 3.64. The van der Waals surface area contributed by atoms with Gasteiger partial charge in [-0.3, -0.25) is 14.3 Å². The molecule has 4 rings (SSSR count). The number of hydrogen-bond donors (Lipinski definition) is 3. The smallest absolute Gasteiger partial charge is 0.246 e. The number of aromatic nitrogens is 4. The molecule has 2 aromatic heterocycles. The Bertz CT molecular complexity index is 809. The predicted molar refractivity (Wildman–Crippen MR) is 88.2 cm³/mol. The van der Waals surface area contributed by atoms with Gasteiger partial charge in [-0.2, -0.15) is 5.10 Å². The van der Waals surface area contributed by atoms with E-state index in [-0.39, 0.29) is 17.9 Å². The second-order valence-electron chi connectivity index (χ2n) is 6.42. The molecule has 1 atom stereocenters. The molecule has 0 aliphatic carbocycles. The summed E-state index contributed by atoms with van der Waals surface area (Å²) in [5.74, 6) is -0.0372. The number of H-pyrrole nitrogens is 1. The van der Waals surface area contributed by atoms with Crippen LogP contribution in [0, 0.1) is 0 Å². The number of nitrogens with one attached hydrogen (secondary N) is 3. The van der Waals surface area contributed by atoms with Gasteiger partial charge >= 0.3 is 0 Å². The van der Waals surface area contributed by atoms with Gasteiger partial charge in [0.05, 0.1) is 43.0 Å². The highest BCUT2D eigenvalue weighted by Gasteiger charge is 2.33. The molecule has 0 radical (unpaired) electrons. The SMILES string of the molecule is CC(=O)NCc1cc2n(n1)CCN(C(=O)C1NCCc3[nH]cnc31)C2. The molecule has 25 heavy (non-hydrogen) atoms. The lowest BCUT2D eigenvalue weighted by Gasteiger charge is -2.32. The van der Waals surface area contributed by atoms with Gasteiger partial charge in [0.25, 0.3) is 0 Å². The van der Waals surface area contributed by atoms with E-state index in [2.05, 4.69) is 25.7 Å². The van der Waals surface area contributed by atoms with Crippen LogP contribution in [0.4, 0.5) is 0 Å². The lowest BCUT2D eigenvalue weighted by Crippen LogP contribution is -2.46. The molecule has 0 saturated carbocycles. The van der Waals surface area contributed by atoms with Crippen molar-refractivity contribution in [3.63, 3.8) is 0 Å². The molecule has 2 aliphatic rings. The first-order valence-corrected chi connectivity index (χ1v) is 8.46. The Kier molecular flexibility index (Phi) is 4.00. The molecule has 1 unspecified atom stereocenters. The van der Waals surface area contributed by atoms with Crippen LogP contribution in [0.3, 0.4) is 0 Å². The Morgan fingerprint density at radius 1 is 1.40 bits per heavy atom. The second-order valence-corrected chi connectivity index (χ2v) is 6.42. The maximum absolute atomic E-state index is 13.0. The number of rotatable bonds is 3. The van der Waals surface area contributed by atoms with Gasteiger partial charge in [0, 0.05) is 32.1 Å². The Balaban J connectivity index is 1.47. The van der Waals surface area contributed by atoms with Crippen LogP contribution in [-0.4, -0.2) is 49.6 Å². The van der Waals surface area contributed by atoms with Crippen molar-refractivity contribution in [3.8, 4) is 0 Å². The normalized spacial score (nSPS) is 19.2. The van der Waals surface area contributed by atoms with Crippen molar-refractivity contribution in [2.45, 2.75) is 39.0 Å². The zero-order chi connectivity index (χ0) is 17.4. The van der Waals surface area contributed by atoms with Gasteiger partial charge < -0.3 is 20.5 Å². The van der Waals surface area contributed by atoms with Crippen LogP contribution in [0.1, 0.15) is 35.7 Å². The lowest BCUT2D eigenvalue weighted by atomic mass is 10.0. The second kappa shape index (κ2) is 6.32. The number of amides is 2. The number of hydrogen-bond acceptors (Lipinski definition) is 5. The van der Waals surface area contributed by atoms with Gasteiger partial charge in [0.1, 0.15) is 6.04 Å². The highest BCUT2D eigenvalue weighted by Crippen LogP contribution is 2.23. The average molecular weight is 343 g/mol. The zero-order valence-corrected chi connectivity index (χ0v) is 14.1.